The number of ether oxygens (including phenoxy) is 1. The molecule has 0 aliphatic carbocycles. The summed E-state index contributed by atoms with van der Waals surface area (Å²) in [5.41, 5.74) is 0.644. The molecule has 0 radical (unpaired) electrons. The van der Waals surface area contributed by atoms with Crippen molar-refractivity contribution in [2.24, 2.45) is 0 Å². The third kappa shape index (κ3) is 4.34. The molecule has 2 heterocycles. The van der Waals surface area contributed by atoms with Gasteiger partial charge in [0.05, 0.1) is 6.42 Å². The average molecular weight is 293 g/mol. The first-order chi connectivity index (χ1) is 9.79. The average Bonchev–Trinajstić information content (AvgIpc) is 2.95. The molecule has 2 rings (SSSR count). The summed E-state index contributed by atoms with van der Waals surface area (Å²) < 4.78 is 10.1. The molecule has 0 unspecified atom stereocenters. The fourth-order valence-electron chi connectivity index (χ4n) is 1.48. The Morgan fingerprint density at radius 2 is 2.35 bits per heavy atom. The molecule has 2 aromatic rings. The van der Waals surface area contributed by atoms with Gasteiger partial charge in [0, 0.05) is 18.4 Å². The first kappa shape index (κ1) is 14.5. The van der Waals surface area contributed by atoms with E-state index in [9.17, 15) is 4.79 Å². The lowest BCUT2D eigenvalue weighted by atomic mass is 10.3. The van der Waals surface area contributed by atoms with Gasteiger partial charge in [-0.05, 0) is 18.4 Å². The van der Waals surface area contributed by atoms with Crippen LogP contribution in [0.2, 0.25) is 0 Å². The third-order valence-corrected chi connectivity index (χ3v) is 3.03. The highest BCUT2D eigenvalue weighted by atomic mass is 32.2. The summed E-state index contributed by atoms with van der Waals surface area (Å²) in [4.78, 5) is 19.8. The van der Waals surface area contributed by atoms with Crippen molar-refractivity contribution in [2.75, 3.05) is 18.6 Å². The monoisotopic (exact) mass is 293 g/mol. The molecular weight excluding hydrogens is 278 g/mol. The molecule has 0 N–H and O–H groups in total. The van der Waals surface area contributed by atoms with E-state index < -0.39 is 0 Å². The van der Waals surface area contributed by atoms with Gasteiger partial charge < -0.3 is 9.26 Å². The van der Waals surface area contributed by atoms with E-state index >= 15 is 0 Å². The van der Waals surface area contributed by atoms with Crippen LogP contribution < -0.4 is 0 Å². The highest BCUT2D eigenvalue weighted by Gasteiger charge is 2.11. The van der Waals surface area contributed by atoms with Crippen molar-refractivity contribution in [2.45, 2.75) is 12.8 Å². The fourth-order valence-corrected chi connectivity index (χ4v) is 1.73. The number of hydrogen-bond donors (Lipinski definition) is 0. The second-order valence-corrected chi connectivity index (χ2v) is 4.93. The van der Waals surface area contributed by atoms with Gasteiger partial charge in [-0.3, -0.25) is 9.78 Å². The number of carbonyl (C=O) groups is 1. The van der Waals surface area contributed by atoms with Crippen molar-refractivity contribution < 1.29 is 14.1 Å². The van der Waals surface area contributed by atoms with E-state index in [0.717, 1.165) is 5.75 Å². The molecule has 2 aromatic heterocycles. The summed E-state index contributed by atoms with van der Waals surface area (Å²) in [5.74, 6) is 1.39. The van der Waals surface area contributed by atoms with Crippen LogP contribution in [0.1, 0.15) is 12.3 Å². The topological polar surface area (TPSA) is 78.1 Å². The number of hydrogen-bond acceptors (Lipinski definition) is 7. The zero-order valence-corrected chi connectivity index (χ0v) is 11.9. The Morgan fingerprint density at radius 3 is 3.10 bits per heavy atom. The summed E-state index contributed by atoms with van der Waals surface area (Å²) in [6.07, 6.45) is 4.23. The van der Waals surface area contributed by atoms with Gasteiger partial charge in [0.2, 0.25) is 11.7 Å². The highest BCUT2D eigenvalue weighted by molar-refractivity contribution is 7.98. The highest BCUT2D eigenvalue weighted by Crippen LogP contribution is 2.12. The van der Waals surface area contributed by atoms with Gasteiger partial charge in [-0.15, -0.1) is 0 Å². The minimum Gasteiger partial charge on any atom is -0.465 e. The van der Waals surface area contributed by atoms with Crippen LogP contribution in [0.3, 0.4) is 0 Å². The maximum absolute atomic E-state index is 11.4. The number of aromatic nitrogens is 3. The summed E-state index contributed by atoms with van der Waals surface area (Å²) in [5, 5.41) is 3.84. The molecule has 0 fully saturated rings. The maximum Gasteiger partial charge on any atom is 0.306 e. The molecule has 0 saturated heterocycles. The molecule has 0 bridgehead atoms. The van der Waals surface area contributed by atoms with Crippen LogP contribution >= 0.6 is 11.8 Å². The van der Waals surface area contributed by atoms with Crippen molar-refractivity contribution in [3.8, 4) is 11.5 Å². The van der Waals surface area contributed by atoms with Crippen molar-refractivity contribution >= 4 is 17.7 Å². The minimum absolute atomic E-state index is 0.234. The predicted molar refractivity (Wildman–Crippen MR) is 75.2 cm³/mol. The van der Waals surface area contributed by atoms with E-state index in [1.54, 1.807) is 24.0 Å². The summed E-state index contributed by atoms with van der Waals surface area (Å²) >= 11 is 1.63. The molecule has 0 spiro atoms. The molecule has 0 saturated carbocycles. The van der Waals surface area contributed by atoms with E-state index in [2.05, 4.69) is 15.1 Å². The van der Waals surface area contributed by atoms with Gasteiger partial charge in [0.1, 0.15) is 12.3 Å². The first-order valence-electron chi connectivity index (χ1n) is 6.18. The predicted octanol–water partition coefficient (Wildman–Crippen LogP) is 1.97. The normalized spacial score (nSPS) is 10.4. The van der Waals surface area contributed by atoms with Crippen LogP contribution in [0.4, 0.5) is 0 Å². The van der Waals surface area contributed by atoms with Gasteiger partial charge in [-0.2, -0.15) is 16.7 Å². The summed E-state index contributed by atoms with van der Waals surface area (Å²) in [7, 11) is 0. The maximum atomic E-state index is 11.4. The van der Waals surface area contributed by atoms with E-state index in [0.29, 0.717) is 30.4 Å². The van der Waals surface area contributed by atoms with Gasteiger partial charge in [0.15, 0.2) is 0 Å². The van der Waals surface area contributed by atoms with Crippen molar-refractivity contribution in [3.05, 3.63) is 30.3 Å². The number of esters is 1. The smallest absolute Gasteiger partial charge is 0.306 e. The molecular formula is C13H15N3O3S. The van der Waals surface area contributed by atoms with E-state index in [1.807, 2.05) is 18.4 Å². The lowest BCUT2D eigenvalue weighted by Crippen LogP contribution is -2.08. The SMILES string of the molecule is CSCCOC(=O)CCc1nc(-c2ccccn2)no1. The second kappa shape index (κ2) is 7.64. The van der Waals surface area contributed by atoms with Crippen LogP contribution in [-0.2, 0) is 16.0 Å². The molecule has 0 aliphatic heterocycles. The Bertz CT molecular complexity index is 545. The van der Waals surface area contributed by atoms with Gasteiger partial charge in [-0.1, -0.05) is 11.2 Å². The van der Waals surface area contributed by atoms with Crippen LogP contribution in [0, 0.1) is 0 Å². The molecule has 7 heteroatoms. The van der Waals surface area contributed by atoms with Gasteiger partial charge >= 0.3 is 5.97 Å². The zero-order valence-electron chi connectivity index (χ0n) is 11.1. The number of rotatable bonds is 7. The Morgan fingerprint density at radius 1 is 1.45 bits per heavy atom. The largest absolute Gasteiger partial charge is 0.465 e. The van der Waals surface area contributed by atoms with Crippen LogP contribution in [0.15, 0.2) is 28.9 Å². The van der Waals surface area contributed by atoms with Crippen LogP contribution in [0.5, 0.6) is 0 Å². The summed E-state index contributed by atoms with van der Waals surface area (Å²) in [6.45, 7) is 0.434. The molecule has 106 valence electrons. The minimum atomic E-state index is -0.253. The number of aryl methyl sites for hydroxylation is 1. The van der Waals surface area contributed by atoms with E-state index in [-0.39, 0.29) is 12.4 Å². The molecule has 0 atom stereocenters. The number of nitrogens with zero attached hydrogens (tertiary/aromatic N) is 3. The molecule has 6 nitrogen and oxygen atoms in total. The second-order valence-electron chi connectivity index (χ2n) is 3.94. The quantitative estimate of drug-likeness (QED) is 0.570. The Hall–Kier alpha value is -1.89. The molecule has 20 heavy (non-hydrogen) atoms. The van der Waals surface area contributed by atoms with Crippen LogP contribution in [0.25, 0.3) is 11.5 Å². The van der Waals surface area contributed by atoms with Gasteiger partial charge in [-0.25, -0.2) is 0 Å². The Labute approximate surface area is 120 Å². The standard InChI is InChI=1S/C13H15N3O3S/c1-20-9-8-18-12(17)6-5-11-15-13(16-19-11)10-4-2-3-7-14-10/h2-4,7H,5-6,8-9H2,1H3. The number of thioether (sulfide) groups is 1. The molecule has 0 amide bonds. The Kier molecular flexibility index (Phi) is 5.55. The van der Waals surface area contributed by atoms with Crippen molar-refractivity contribution in [1.29, 1.82) is 0 Å². The summed E-state index contributed by atoms with van der Waals surface area (Å²) in [6, 6.07) is 5.46. The van der Waals surface area contributed by atoms with Crippen molar-refractivity contribution in [1.82, 2.24) is 15.1 Å². The number of carbonyl (C=O) groups excluding carboxylic acids is 1. The van der Waals surface area contributed by atoms with Gasteiger partial charge in [0.25, 0.3) is 0 Å². The molecule has 0 aromatic carbocycles. The fraction of sp³-hybridized carbons (Fsp3) is 0.385. The third-order valence-electron chi connectivity index (χ3n) is 2.46. The van der Waals surface area contributed by atoms with E-state index in [4.69, 9.17) is 9.26 Å². The lowest BCUT2D eigenvalue weighted by molar-refractivity contribution is -0.143. The lowest BCUT2D eigenvalue weighted by Gasteiger charge is -2.01. The molecule has 0 aliphatic rings. The van der Waals surface area contributed by atoms with E-state index in [1.165, 1.54) is 0 Å². The first-order valence-corrected chi connectivity index (χ1v) is 7.57. The zero-order chi connectivity index (χ0) is 14.2. The Balaban J connectivity index is 1.83. The van der Waals surface area contributed by atoms with Crippen LogP contribution in [-0.4, -0.2) is 39.7 Å². The number of pyridine rings is 1. The van der Waals surface area contributed by atoms with Crippen molar-refractivity contribution in [3.63, 3.8) is 0 Å².